The van der Waals surface area contributed by atoms with Crippen LogP contribution in [-0.2, 0) is 4.79 Å². The third-order valence-corrected chi connectivity index (χ3v) is 8.03. The summed E-state index contributed by atoms with van der Waals surface area (Å²) < 4.78 is 16.5. The van der Waals surface area contributed by atoms with Gasteiger partial charge >= 0.3 is 0 Å². The molecule has 3 atom stereocenters. The van der Waals surface area contributed by atoms with E-state index in [0.29, 0.717) is 47.1 Å². The molecule has 2 saturated carbocycles. The van der Waals surface area contributed by atoms with E-state index in [1.807, 2.05) is 6.07 Å². The summed E-state index contributed by atoms with van der Waals surface area (Å²) in [6, 6.07) is 8.23. The highest BCUT2D eigenvalue weighted by molar-refractivity contribution is 6.30. The zero-order chi connectivity index (χ0) is 25.8. The van der Waals surface area contributed by atoms with Crippen LogP contribution in [0.4, 0.5) is 10.1 Å². The van der Waals surface area contributed by atoms with Gasteiger partial charge in [-0.2, -0.15) is 10.4 Å². The smallest absolute Gasteiger partial charge is 0.254 e. The second-order valence-corrected chi connectivity index (χ2v) is 10.6. The van der Waals surface area contributed by atoms with Crippen molar-refractivity contribution in [2.45, 2.75) is 44.2 Å². The molecule has 3 heterocycles. The van der Waals surface area contributed by atoms with Crippen molar-refractivity contribution in [2.75, 3.05) is 11.4 Å². The number of aromatic nitrogens is 3. The maximum atomic E-state index is 15.0. The number of rotatable bonds is 6. The molecule has 8 nitrogen and oxygen atoms in total. The van der Waals surface area contributed by atoms with Gasteiger partial charge in [-0.3, -0.25) is 19.3 Å². The van der Waals surface area contributed by atoms with E-state index in [-0.39, 0.29) is 35.4 Å². The van der Waals surface area contributed by atoms with E-state index >= 15 is 0 Å². The molecule has 188 valence electrons. The molecule has 1 aliphatic heterocycles. The minimum atomic E-state index is -0.543. The fraction of sp³-hybridized carbons (Fsp3) is 0.370. The van der Waals surface area contributed by atoms with Crippen molar-refractivity contribution >= 4 is 29.1 Å². The number of amides is 2. The molecule has 1 N–H and O–H groups in total. The van der Waals surface area contributed by atoms with Crippen molar-refractivity contribution in [3.8, 4) is 6.07 Å². The highest BCUT2D eigenvalue weighted by Crippen LogP contribution is 2.47. The molecule has 0 radical (unpaired) electrons. The van der Waals surface area contributed by atoms with E-state index in [1.54, 1.807) is 30.2 Å². The van der Waals surface area contributed by atoms with Crippen molar-refractivity contribution in [2.24, 2.45) is 11.8 Å². The summed E-state index contributed by atoms with van der Waals surface area (Å²) >= 11 is 6.10. The summed E-state index contributed by atoms with van der Waals surface area (Å²) in [6.45, 7) is 2.38. The number of halogens is 2. The van der Waals surface area contributed by atoms with Gasteiger partial charge in [-0.25, -0.2) is 4.39 Å². The first-order valence-corrected chi connectivity index (χ1v) is 12.7. The van der Waals surface area contributed by atoms with E-state index < -0.39 is 11.9 Å². The minimum absolute atomic E-state index is 0.0187. The van der Waals surface area contributed by atoms with Crippen LogP contribution < -0.4 is 10.2 Å². The number of benzene rings is 1. The average molecular weight is 519 g/mol. The van der Waals surface area contributed by atoms with E-state index in [0.717, 1.165) is 12.0 Å². The Morgan fingerprint density at radius 3 is 2.78 bits per heavy atom. The summed E-state index contributed by atoms with van der Waals surface area (Å²) in [5, 5.41) is 17.2. The van der Waals surface area contributed by atoms with Gasteiger partial charge < -0.3 is 10.2 Å². The van der Waals surface area contributed by atoms with E-state index in [9.17, 15) is 19.2 Å². The Kier molecular flexibility index (Phi) is 5.72. The first-order chi connectivity index (χ1) is 17.8. The first kappa shape index (κ1) is 23.6. The van der Waals surface area contributed by atoms with E-state index in [2.05, 4.69) is 21.5 Å². The van der Waals surface area contributed by atoms with Gasteiger partial charge in [0.05, 0.1) is 41.3 Å². The fourth-order valence-electron chi connectivity index (χ4n) is 5.43. The Hall–Kier alpha value is -3.77. The van der Waals surface area contributed by atoms with Crippen LogP contribution in [-0.4, -0.2) is 39.2 Å². The second-order valence-electron chi connectivity index (χ2n) is 10.2. The zero-order valence-corrected chi connectivity index (χ0v) is 20.8. The molecule has 3 fully saturated rings. The Balaban J connectivity index is 1.08. The first-order valence-electron chi connectivity index (χ1n) is 12.3. The van der Waals surface area contributed by atoms with E-state index in [1.165, 1.54) is 23.1 Å². The molecule has 1 saturated heterocycles. The summed E-state index contributed by atoms with van der Waals surface area (Å²) in [5.74, 6) is -0.0828. The molecule has 2 aromatic heterocycles. The quantitative estimate of drug-likeness (QED) is 0.526. The summed E-state index contributed by atoms with van der Waals surface area (Å²) in [6.07, 6.45) is 6.92. The second kappa shape index (κ2) is 8.96. The number of nitrogens with zero attached hydrogens (tertiary/aromatic N) is 5. The van der Waals surface area contributed by atoms with Gasteiger partial charge in [0.1, 0.15) is 11.5 Å². The van der Waals surface area contributed by atoms with Crippen LogP contribution in [0.25, 0.3) is 0 Å². The van der Waals surface area contributed by atoms with Crippen LogP contribution in [0.3, 0.4) is 0 Å². The molecular formula is C27H24ClFN6O2. The van der Waals surface area contributed by atoms with Crippen LogP contribution in [0.5, 0.6) is 0 Å². The molecule has 1 unspecified atom stereocenters. The van der Waals surface area contributed by atoms with Crippen molar-refractivity contribution < 1.29 is 14.0 Å². The zero-order valence-electron chi connectivity index (χ0n) is 20.1. The van der Waals surface area contributed by atoms with Crippen LogP contribution in [0.2, 0.25) is 5.02 Å². The number of piperidine rings is 1. The number of hydrogen-bond acceptors (Lipinski definition) is 5. The van der Waals surface area contributed by atoms with Crippen LogP contribution >= 0.6 is 11.6 Å². The molecule has 2 amide bonds. The highest BCUT2D eigenvalue weighted by Gasteiger charge is 2.52. The molecule has 1 aromatic carbocycles. The predicted octanol–water partition coefficient (Wildman–Crippen LogP) is 4.21. The van der Waals surface area contributed by atoms with Crippen molar-refractivity contribution in [1.29, 1.82) is 5.26 Å². The maximum absolute atomic E-state index is 15.0. The minimum Gasteiger partial charge on any atom is -0.349 e. The third kappa shape index (κ3) is 4.25. The molecule has 10 heteroatoms. The standard InChI is InChI=1S/C27H24ClFN6O2/c1-14(25-24(29)8-21(11-31-25)34-12-17-6-23(17)27(34)37)35-13-18(10-32-35)26(36)33-20-4-16(5-20)22-7-19(28)3-2-15(22)9-30/h2-3,7-8,10-11,13-14,16-17,20,23H,4-6,12H2,1H3,(H,33,36)/t14?,16-,17-,20+,23-/m1/s1. The lowest BCUT2D eigenvalue weighted by molar-refractivity contribution is -0.118. The molecule has 6 rings (SSSR count). The van der Waals surface area contributed by atoms with Gasteiger partial charge in [0.15, 0.2) is 0 Å². The normalized spacial score (nSPS) is 24.7. The molecule has 3 aliphatic rings. The lowest BCUT2D eigenvalue weighted by atomic mass is 9.74. The van der Waals surface area contributed by atoms with Crippen molar-refractivity contribution in [3.63, 3.8) is 0 Å². The van der Waals surface area contributed by atoms with Gasteiger partial charge in [-0.1, -0.05) is 11.6 Å². The van der Waals surface area contributed by atoms with Gasteiger partial charge in [-0.15, -0.1) is 0 Å². The Bertz CT molecular complexity index is 1460. The summed E-state index contributed by atoms with van der Waals surface area (Å²) in [5.41, 5.74) is 2.55. The molecule has 0 spiro atoms. The molecule has 3 aromatic rings. The number of carbonyl (C=O) groups excluding carboxylic acids is 2. The number of nitrogens with one attached hydrogen (secondary N) is 1. The maximum Gasteiger partial charge on any atom is 0.254 e. The Morgan fingerprint density at radius 2 is 2.08 bits per heavy atom. The number of hydrogen-bond donors (Lipinski definition) is 1. The number of nitriles is 1. The van der Waals surface area contributed by atoms with Gasteiger partial charge in [-0.05, 0) is 61.8 Å². The molecule has 2 aliphatic carbocycles. The van der Waals surface area contributed by atoms with Crippen molar-refractivity contribution in [3.05, 3.63) is 76.1 Å². The molecule has 37 heavy (non-hydrogen) atoms. The largest absolute Gasteiger partial charge is 0.349 e. The fourth-order valence-corrected chi connectivity index (χ4v) is 5.61. The van der Waals surface area contributed by atoms with Gasteiger partial charge in [0.2, 0.25) is 5.91 Å². The monoisotopic (exact) mass is 518 g/mol. The lowest BCUT2D eigenvalue weighted by Crippen LogP contribution is -2.43. The average Bonchev–Trinajstić information content (AvgIpc) is 3.31. The van der Waals surface area contributed by atoms with E-state index in [4.69, 9.17) is 11.6 Å². The Labute approximate surface area is 218 Å². The van der Waals surface area contributed by atoms with Crippen molar-refractivity contribution in [1.82, 2.24) is 20.1 Å². The summed E-state index contributed by atoms with van der Waals surface area (Å²) in [4.78, 5) is 31.0. The van der Waals surface area contributed by atoms with Crippen LogP contribution in [0.15, 0.2) is 42.9 Å². The molecule has 0 bridgehead atoms. The third-order valence-electron chi connectivity index (χ3n) is 7.79. The highest BCUT2D eigenvalue weighted by atomic mass is 35.5. The number of anilines is 1. The Morgan fingerprint density at radius 1 is 1.27 bits per heavy atom. The SMILES string of the molecule is CC(c1ncc(N2C[C@H]3C[C@H]3C2=O)cc1F)n1cc(C(=O)N[C@H]2C[C@@H](c3cc(Cl)ccc3C#N)C2)cn1. The van der Waals surface area contributed by atoms with Crippen LogP contribution in [0.1, 0.15) is 65.3 Å². The number of pyridine rings is 1. The van der Waals surface area contributed by atoms with Gasteiger partial charge in [0.25, 0.3) is 5.91 Å². The predicted molar refractivity (Wildman–Crippen MR) is 134 cm³/mol. The van der Waals surface area contributed by atoms with Crippen LogP contribution in [0, 0.1) is 29.0 Å². The molecular weight excluding hydrogens is 495 g/mol. The topological polar surface area (TPSA) is 104 Å². The number of fused-ring (bicyclic) bond motifs is 1. The number of carbonyl (C=O) groups is 2. The lowest BCUT2D eigenvalue weighted by Gasteiger charge is -2.36. The summed E-state index contributed by atoms with van der Waals surface area (Å²) in [7, 11) is 0. The van der Waals surface area contributed by atoms with Gasteiger partial charge in [0, 0.05) is 35.8 Å².